The molecule has 1 fully saturated rings. The zero-order valence-corrected chi connectivity index (χ0v) is 7.33. The Labute approximate surface area is 71.4 Å². The fourth-order valence-corrected chi connectivity index (χ4v) is 1.37. The van der Waals surface area contributed by atoms with Gasteiger partial charge in [0.05, 0.1) is 0 Å². The summed E-state index contributed by atoms with van der Waals surface area (Å²) < 4.78 is 5.42. The van der Waals surface area contributed by atoms with E-state index in [0.717, 1.165) is 19.4 Å². The van der Waals surface area contributed by atoms with Crippen LogP contribution in [-0.2, 0) is 4.74 Å². The molecule has 0 aromatic rings. The summed E-state index contributed by atoms with van der Waals surface area (Å²) >= 11 is 4.84. The Bertz CT molecular complexity index is 156. The number of nitrogens with one attached hydrogen (secondary N) is 2. The number of rotatable bonds is 1. The molecule has 64 valence electrons. The van der Waals surface area contributed by atoms with Gasteiger partial charge in [-0.2, -0.15) is 0 Å². The van der Waals surface area contributed by atoms with E-state index in [1.807, 2.05) is 6.92 Å². The van der Waals surface area contributed by atoms with Gasteiger partial charge in [-0.05, 0) is 32.0 Å². The van der Waals surface area contributed by atoms with Crippen molar-refractivity contribution in [3.63, 3.8) is 0 Å². The van der Waals surface area contributed by atoms with Crippen molar-refractivity contribution in [2.75, 3.05) is 6.61 Å². The van der Waals surface area contributed by atoms with Gasteiger partial charge in [-0.25, -0.2) is 5.84 Å². The summed E-state index contributed by atoms with van der Waals surface area (Å²) in [5.74, 6) is 5.10. The molecule has 0 saturated carbocycles. The maximum Gasteiger partial charge on any atom is 0.182 e. The van der Waals surface area contributed by atoms with E-state index in [0.29, 0.717) is 5.11 Å². The van der Waals surface area contributed by atoms with Crippen molar-refractivity contribution in [2.45, 2.75) is 25.5 Å². The minimum absolute atomic E-state index is 0.316. The van der Waals surface area contributed by atoms with Crippen molar-refractivity contribution in [1.82, 2.24) is 10.7 Å². The van der Waals surface area contributed by atoms with Crippen LogP contribution in [0.25, 0.3) is 0 Å². The molecule has 0 aromatic heterocycles. The molecule has 1 rings (SSSR count). The summed E-state index contributed by atoms with van der Waals surface area (Å²) in [5.41, 5.74) is 2.04. The molecule has 0 aliphatic carbocycles. The lowest BCUT2D eigenvalue weighted by Gasteiger charge is -2.25. The molecule has 0 bridgehead atoms. The Hall–Kier alpha value is -0.390. The van der Waals surface area contributed by atoms with Crippen LogP contribution in [0.15, 0.2) is 0 Å². The molecule has 11 heavy (non-hydrogen) atoms. The van der Waals surface area contributed by atoms with Crippen molar-refractivity contribution in [2.24, 2.45) is 5.84 Å². The molecule has 1 atom stereocenters. The summed E-state index contributed by atoms with van der Waals surface area (Å²) in [6.45, 7) is 2.75. The Morgan fingerprint density at radius 3 is 2.91 bits per heavy atom. The van der Waals surface area contributed by atoms with Gasteiger partial charge in [-0.15, -0.1) is 0 Å². The van der Waals surface area contributed by atoms with Crippen molar-refractivity contribution >= 4 is 17.3 Å². The highest BCUT2D eigenvalue weighted by atomic mass is 32.1. The molecule has 5 heteroatoms. The fourth-order valence-electron chi connectivity index (χ4n) is 1.15. The predicted octanol–water partition coefficient (Wildman–Crippen LogP) is -0.149. The van der Waals surface area contributed by atoms with Crippen LogP contribution in [0.2, 0.25) is 0 Å². The van der Waals surface area contributed by atoms with Crippen LogP contribution in [0.5, 0.6) is 0 Å². The van der Waals surface area contributed by atoms with E-state index in [1.165, 1.54) is 0 Å². The van der Waals surface area contributed by atoms with E-state index in [2.05, 4.69) is 10.7 Å². The van der Waals surface area contributed by atoms with Crippen molar-refractivity contribution in [3.05, 3.63) is 0 Å². The van der Waals surface area contributed by atoms with E-state index >= 15 is 0 Å². The highest BCUT2D eigenvalue weighted by Crippen LogP contribution is 2.21. The Morgan fingerprint density at radius 1 is 1.73 bits per heavy atom. The van der Waals surface area contributed by atoms with Gasteiger partial charge in [-0.1, -0.05) is 0 Å². The van der Waals surface area contributed by atoms with E-state index in [1.54, 1.807) is 0 Å². The van der Waals surface area contributed by atoms with Gasteiger partial charge in [0.15, 0.2) is 5.11 Å². The third-order valence-corrected chi connectivity index (χ3v) is 1.95. The second kappa shape index (κ2) is 3.34. The zero-order chi connectivity index (χ0) is 8.32. The van der Waals surface area contributed by atoms with E-state index in [-0.39, 0.29) is 5.72 Å². The van der Waals surface area contributed by atoms with E-state index in [4.69, 9.17) is 22.8 Å². The average Bonchev–Trinajstić information content (AvgIpc) is 2.36. The molecule has 4 nitrogen and oxygen atoms in total. The van der Waals surface area contributed by atoms with Crippen LogP contribution in [0.4, 0.5) is 0 Å². The van der Waals surface area contributed by atoms with E-state index in [9.17, 15) is 0 Å². The second-order valence-electron chi connectivity index (χ2n) is 2.78. The van der Waals surface area contributed by atoms with Crippen LogP contribution in [0.3, 0.4) is 0 Å². The van der Waals surface area contributed by atoms with Crippen molar-refractivity contribution < 1.29 is 4.74 Å². The number of thiocarbonyl (C=S) groups is 1. The number of ether oxygens (including phenoxy) is 1. The normalized spacial score (nSPS) is 30.0. The minimum Gasteiger partial charge on any atom is -0.356 e. The average molecular weight is 175 g/mol. The number of nitrogens with two attached hydrogens (primary N) is 1. The molecule has 1 saturated heterocycles. The monoisotopic (exact) mass is 175 g/mol. The van der Waals surface area contributed by atoms with Gasteiger partial charge in [0.1, 0.15) is 5.72 Å². The van der Waals surface area contributed by atoms with Crippen molar-refractivity contribution in [1.29, 1.82) is 0 Å². The first-order valence-corrected chi connectivity index (χ1v) is 4.00. The molecular formula is C6H13N3OS. The van der Waals surface area contributed by atoms with Crippen LogP contribution < -0.4 is 16.6 Å². The molecule has 0 spiro atoms. The topological polar surface area (TPSA) is 59.3 Å². The van der Waals surface area contributed by atoms with Crippen LogP contribution >= 0.6 is 12.2 Å². The molecule has 1 aliphatic heterocycles. The van der Waals surface area contributed by atoms with Crippen LogP contribution in [0, 0.1) is 0 Å². The summed E-state index contributed by atoms with van der Waals surface area (Å²) in [4.78, 5) is 0. The van der Waals surface area contributed by atoms with Crippen LogP contribution in [0.1, 0.15) is 19.8 Å². The smallest absolute Gasteiger partial charge is 0.182 e. The first kappa shape index (κ1) is 8.70. The molecule has 0 aromatic carbocycles. The largest absolute Gasteiger partial charge is 0.356 e. The number of hydrazine groups is 1. The highest BCUT2D eigenvalue weighted by Gasteiger charge is 2.29. The van der Waals surface area contributed by atoms with Crippen molar-refractivity contribution in [3.8, 4) is 0 Å². The van der Waals surface area contributed by atoms with Crippen LogP contribution in [-0.4, -0.2) is 17.4 Å². The Kier molecular flexibility index (Phi) is 2.64. The quantitative estimate of drug-likeness (QED) is 0.294. The highest BCUT2D eigenvalue weighted by molar-refractivity contribution is 7.80. The van der Waals surface area contributed by atoms with Gasteiger partial charge < -0.3 is 15.5 Å². The molecule has 1 aliphatic rings. The first-order chi connectivity index (χ1) is 5.16. The van der Waals surface area contributed by atoms with Gasteiger partial charge in [-0.3, -0.25) is 0 Å². The zero-order valence-electron chi connectivity index (χ0n) is 6.52. The van der Waals surface area contributed by atoms with Gasteiger partial charge in [0.2, 0.25) is 0 Å². The number of hydrogen-bond donors (Lipinski definition) is 3. The minimum atomic E-state index is -0.316. The molecule has 4 N–H and O–H groups in total. The molecule has 1 heterocycles. The molecule has 1 unspecified atom stereocenters. The molecule has 0 radical (unpaired) electrons. The fraction of sp³-hybridized carbons (Fsp3) is 0.833. The second-order valence-corrected chi connectivity index (χ2v) is 3.19. The number of hydrogen-bond acceptors (Lipinski definition) is 3. The maximum absolute atomic E-state index is 5.42. The maximum atomic E-state index is 5.42. The summed E-state index contributed by atoms with van der Waals surface area (Å²) in [6, 6.07) is 0. The van der Waals surface area contributed by atoms with Gasteiger partial charge in [0, 0.05) is 6.61 Å². The van der Waals surface area contributed by atoms with Gasteiger partial charge >= 0.3 is 0 Å². The Morgan fingerprint density at radius 2 is 2.45 bits per heavy atom. The van der Waals surface area contributed by atoms with E-state index < -0.39 is 0 Å². The van der Waals surface area contributed by atoms with Gasteiger partial charge in [0.25, 0.3) is 0 Å². The Balaban J connectivity index is 2.39. The standard InChI is InChI=1S/C6H13N3OS/c1-6(3-2-4-10-6)8-5(11)9-7/h2-4,7H2,1H3,(H2,8,9,11). The molecule has 0 amide bonds. The lowest BCUT2D eigenvalue weighted by molar-refractivity contribution is 0.00757. The summed E-state index contributed by atoms with van der Waals surface area (Å²) in [6.07, 6.45) is 2.03. The summed E-state index contributed by atoms with van der Waals surface area (Å²) in [5, 5.41) is 3.40. The lowest BCUT2D eigenvalue weighted by Crippen LogP contribution is -2.51. The molecular weight excluding hydrogens is 162 g/mol. The predicted molar refractivity (Wildman–Crippen MR) is 46.6 cm³/mol. The lowest BCUT2D eigenvalue weighted by atomic mass is 10.2. The third kappa shape index (κ3) is 2.28. The first-order valence-electron chi connectivity index (χ1n) is 3.59. The third-order valence-electron chi connectivity index (χ3n) is 1.73. The summed E-state index contributed by atoms with van der Waals surface area (Å²) in [7, 11) is 0. The SMILES string of the molecule is CC1(NC(=S)NN)CCCO1.